The van der Waals surface area contributed by atoms with Gasteiger partial charge in [-0.2, -0.15) is 0 Å². The molecule has 0 aliphatic carbocycles. The molecule has 1 aliphatic rings. The van der Waals surface area contributed by atoms with Crippen LogP contribution in [0.1, 0.15) is 49.8 Å². The molecule has 0 N–H and O–H groups in total. The van der Waals surface area contributed by atoms with Crippen LogP contribution in [0.4, 0.5) is 0 Å². The fraction of sp³-hybridized carbons (Fsp3) is 0.320. The topological polar surface area (TPSA) is 83.0 Å². The van der Waals surface area contributed by atoms with Crippen molar-refractivity contribution in [2.45, 2.75) is 39.7 Å². The van der Waals surface area contributed by atoms with Crippen molar-refractivity contribution in [2.24, 2.45) is 4.99 Å². The van der Waals surface area contributed by atoms with Crippen molar-refractivity contribution in [1.29, 1.82) is 0 Å². The van der Waals surface area contributed by atoms with E-state index in [2.05, 4.69) is 15.9 Å². The lowest BCUT2D eigenvalue weighted by atomic mass is 9.93. The molecule has 9 heteroatoms. The SMILES string of the molecule is CCCC1=C(C(=O)OCC)[C@@H](c2cc(Br)ccc2OC)n2c(s/c(=C/c3ccc(C)o3)c2=O)=N1. The van der Waals surface area contributed by atoms with Crippen molar-refractivity contribution in [1.82, 2.24) is 4.57 Å². The third kappa shape index (κ3) is 4.54. The van der Waals surface area contributed by atoms with E-state index in [4.69, 9.17) is 18.9 Å². The van der Waals surface area contributed by atoms with Crippen LogP contribution < -0.4 is 19.6 Å². The molecule has 1 aromatic carbocycles. The third-order valence-corrected chi connectivity index (χ3v) is 6.89. The molecule has 1 aliphatic heterocycles. The molecule has 0 amide bonds. The Hall–Kier alpha value is -2.91. The van der Waals surface area contributed by atoms with Crippen LogP contribution in [0.15, 0.2) is 60.3 Å². The van der Waals surface area contributed by atoms with Crippen LogP contribution in [0.2, 0.25) is 0 Å². The van der Waals surface area contributed by atoms with Crippen molar-refractivity contribution in [2.75, 3.05) is 13.7 Å². The maximum Gasteiger partial charge on any atom is 0.338 e. The Morgan fingerprint density at radius 1 is 1.29 bits per heavy atom. The number of thiazole rings is 1. The van der Waals surface area contributed by atoms with Gasteiger partial charge < -0.3 is 13.9 Å². The smallest absolute Gasteiger partial charge is 0.338 e. The van der Waals surface area contributed by atoms with E-state index < -0.39 is 12.0 Å². The molecule has 0 saturated carbocycles. The number of aryl methyl sites for hydroxylation is 1. The van der Waals surface area contributed by atoms with E-state index >= 15 is 0 Å². The summed E-state index contributed by atoms with van der Waals surface area (Å²) in [5.41, 5.74) is 1.38. The summed E-state index contributed by atoms with van der Waals surface area (Å²) in [7, 11) is 1.57. The number of furan rings is 1. The molecule has 178 valence electrons. The first-order valence-corrected chi connectivity index (χ1v) is 12.6. The summed E-state index contributed by atoms with van der Waals surface area (Å²) in [6.45, 7) is 5.84. The molecule has 0 fully saturated rings. The van der Waals surface area contributed by atoms with Gasteiger partial charge in [-0.3, -0.25) is 9.36 Å². The first-order valence-electron chi connectivity index (χ1n) is 11.0. The highest BCUT2D eigenvalue weighted by Gasteiger charge is 2.36. The number of nitrogens with zero attached hydrogens (tertiary/aromatic N) is 2. The number of carbonyl (C=O) groups is 1. The van der Waals surface area contributed by atoms with E-state index in [9.17, 15) is 9.59 Å². The van der Waals surface area contributed by atoms with Crippen LogP contribution in [0, 0.1) is 6.92 Å². The first-order chi connectivity index (χ1) is 16.4. The van der Waals surface area contributed by atoms with E-state index in [0.717, 1.165) is 16.7 Å². The molecule has 4 rings (SSSR count). The quantitative estimate of drug-likeness (QED) is 0.415. The van der Waals surface area contributed by atoms with Crippen LogP contribution in [0.3, 0.4) is 0 Å². The molecule has 2 aromatic heterocycles. The summed E-state index contributed by atoms with van der Waals surface area (Å²) in [6, 6.07) is 8.44. The van der Waals surface area contributed by atoms with Gasteiger partial charge >= 0.3 is 5.97 Å². The minimum absolute atomic E-state index is 0.215. The summed E-state index contributed by atoms with van der Waals surface area (Å²) >= 11 is 4.79. The Labute approximate surface area is 209 Å². The Kier molecular flexibility index (Phi) is 7.23. The zero-order valence-corrected chi connectivity index (χ0v) is 21.8. The fourth-order valence-corrected chi connectivity index (χ4v) is 5.37. The number of carbonyl (C=O) groups excluding carboxylic acids is 1. The molecule has 3 aromatic rings. The fourth-order valence-electron chi connectivity index (χ4n) is 3.99. The second kappa shape index (κ2) is 10.1. The number of aromatic nitrogens is 1. The van der Waals surface area contributed by atoms with Gasteiger partial charge in [0.25, 0.3) is 5.56 Å². The number of fused-ring (bicyclic) bond motifs is 1. The predicted molar refractivity (Wildman–Crippen MR) is 134 cm³/mol. The summed E-state index contributed by atoms with van der Waals surface area (Å²) in [5, 5.41) is 0. The minimum Gasteiger partial charge on any atom is -0.496 e. The molecular weight excluding hydrogens is 520 g/mol. The highest BCUT2D eigenvalue weighted by atomic mass is 79.9. The molecule has 0 spiro atoms. The summed E-state index contributed by atoms with van der Waals surface area (Å²) < 4.78 is 19.5. The number of allylic oxidation sites excluding steroid dienone is 1. The third-order valence-electron chi connectivity index (χ3n) is 5.41. The molecule has 0 saturated heterocycles. The Morgan fingerprint density at radius 3 is 2.74 bits per heavy atom. The molecule has 1 atom stereocenters. The number of esters is 1. The van der Waals surface area contributed by atoms with Gasteiger partial charge in [0, 0.05) is 16.1 Å². The van der Waals surface area contributed by atoms with Gasteiger partial charge in [0.2, 0.25) is 0 Å². The van der Waals surface area contributed by atoms with Crippen LogP contribution in [-0.4, -0.2) is 24.3 Å². The second-order valence-corrected chi connectivity index (χ2v) is 9.67. The number of halogens is 1. The highest BCUT2D eigenvalue weighted by Crippen LogP contribution is 2.38. The van der Waals surface area contributed by atoms with Gasteiger partial charge in [-0.1, -0.05) is 40.6 Å². The molecular formula is C25H25BrN2O5S. The largest absolute Gasteiger partial charge is 0.496 e. The molecule has 34 heavy (non-hydrogen) atoms. The first kappa shape index (κ1) is 24.2. The van der Waals surface area contributed by atoms with Crippen molar-refractivity contribution in [3.8, 4) is 5.75 Å². The molecule has 3 heterocycles. The number of ether oxygens (including phenoxy) is 2. The summed E-state index contributed by atoms with van der Waals surface area (Å²) in [6.07, 6.45) is 3.06. The van der Waals surface area contributed by atoms with Gasteiger partial charge in [0.1, 0.15) is 23.3 Å². The number of rotatable bonds is 7. The van der Waals surface area contributed by atoms with E-state index in [1.54, 1.807) is 24.7 Å². The molecule has 0 unspecified atom stereocenters. The summed E-state index contributed by atoms with van der Waals surface area (Å²) in [5.74, 6) is 1.41. The lowest BCUT2D eigenvalue weighted by molar-refractivity contribution is -0.139. The number of methoxy groups -OCH3 is 1. The zero-order chi connectivity index (χ0) is 24.4. The standard InChI is InChI=1S/C25H25BrN2O5S/c1-5-7-18-21(24(30)32-6-2)22(17-12-15(26)9-11-19(17)31-4)28-23(29)20(34-25(28)27-18)13-16-10-8-14(3)33-16/h8-13,22H,5-7H2,1-4H3/b20-13+/t22-/m1/s1. The van der Waals surface area contributed by atoms with Crippen LogP contribution >= 0.6 is 27.3 Å². The monoisotopic (exact) mass is 544 g/mol. The number of hydrogen-bond donors (Lipinski definition) is 0. The van der Waals surface area contributed by atoms with Crippen LogP contribution in [0.25, 0.3) is 6.08 Å². The zero-order valence-electron chi connectivity index (χ0n) is 19.4. The van der Waals surface area contributed by atoms with E-state index in [1.807, 2.05) is 44.2 Å². The van der Waals surface area contributed by atoms with Crippen molar-refractivity contribution < 1.29 is 18.7 Å². The average molecular weight is 545 g/mol. The number of benzene rings is 1. The van der Waals surface area contributed by atoms with Gasteiger partial charge in [-0.25, -0.2) is 9.79 Å². The predicted octanol–water partition coefficient (Wildman–Crippen LogP) is 4.25. The Bertz CT molecular complexity index is 1450. The maximum atomic E-state index is 13.7. The van der Waals surface area contributed by atoms with Crippen LogP contribution in [-0.2, 0) is 9.53 Å². The molecule has 7 nitrogen and oxygen atoms in total. The van der Waals surface area contributed by atoms with Crippen molar-refractivity contribution in [3.05, 3.63) is 82.8 Å². The lowest BCUT2D eigenvalue weighted by Crippen LogP contribution is -2.40. The molecule has 0 radical (unpaired) electrons. The Morgan fingerprint density at radius 2 is 2.09 bits per heavy atom. The van der Waals surface area contributed by atoms with Crippen molar-refractivity contribution >= 4 is 39.3 Å². The van der Waals surface area contributed by atoms with Gasteiger partial charge in [-0.15, -0.1) is 0 Å². The van der Waals surface area contributed by atoms with Crippen LogP contribution in [0.5, 0.6) is 5.75 Å². The van der Waals surface area contributed by atoms with E-state index in [1.165, 1.54) is 11.3 Å². The maximum absolute atomic E-state index is 13.7. The highest BCUT2D eigenvalue weighted by molar-refractivity contribution is 9.10. The minimum atomic E-state index is -0.746. The summed E-state index contributed by atoms with van der Waals surface area (Å²) in [4.78, 5) is 32.2. The molecule has 0 bridgehead atoms. The van der Waals surface area contributed by atoms with Gasteiger partial charge in [0.05, 0.1) is 29.5 Å². The average Bonchev–Trinajstić information content (AvgIpc) is 3.35. The van der Waals surface area contributed by atoms with Gasteiger partial charge in [0.15, 0.2) is 4.80 Å². The lowest BCUT2D eigenvalue weighted by Gasteiger charge is -2.27. The van der Waals surface area contributed by atoms with Crippen molar-refractivity contribution in [3.63, 3.8) is 0 Å². The van der Waals surface area contributed by atoms with Gasteiger partial charge in [-0.05, 0) is 50.6 Å². The van der Waals surface area contributed by atoms with E-state index in [0.29, 0.717) is 44.1 Å². The Balaban J connectivity index is 2.05. The second-order valence-electron chi connectivity index (χ2n) is 7.75. The van der Waals surface area contributed by atoms with E-state index in [-0.39, 0.29) is 12.2 Å². The normalized spacial score (nSPS) is 15.8. The number of hydrogen-bond acceptors (Lipinski definition) is 7.